The number of hydrogen-bond donors (Lipinski definition) is 1. The molecule has 0 aliphatic carbocycles. The second kappa shape index (κ2) is 9.81. The van der Waals surface area contributed by atoms with Crippen LogP contribution in [0.15, 0.2) is 24.3 Å². The molecule has 1 heterocycles. The Morgan fingerprint density at radius 2 is 1.83 bits per heavy atom. The van der Waals surface area contributed by atoms with Crippen molar-refractivity contribution in [3.63, 3.8) is 0 Å². The molecule has 0 atom stereocenters. The van der Waals surface area contributed by atoms with Crippen LogP contribution in [0.5, 0.6) is 0 Å². The van der Waals surface area contributed by atoms with Crippen molar-refractivity contribution in [3.8, 4) is 0 Å². The number of amides is 1. The van der Waals surface area contributed by atoms with Crippen LogP contribution in [0.25, 0.3) is 0 Å². The summed E-state index contributed by atoms with van der Waals surface area (Å²) < 4.78 is 6.62. The van der Waals surface area contributed by atoms with Crippen LogP contribution in [0, 0.1) is 24.0 Å². The zero-order chi connectivity index (χ0) is 21.6. The van der Waals surface area contributed by atoms with Crippen LogP contribution in [-0.4, -0.2) is 39.2 Å². The number of nitrogens with one attached hydrogen (secondary N) is 1. The normalized spacial score (nSPS) is 10.8. The maximum atomic E-state index is 12.1. The third-order valence-electron chi connectivity index (χ3n) is 4.73. The van der Waals surface area contributed by atoms with Gasteiger partial charge in [-0.3, -0.25) is 19.6 Å². The molecule has 9 nitrogen and oxygen atoms in total. The number of benzene rings is 1. The number of ether oxygens (including phenoxy) is 1. The third kappa shape index (κ3) is 5.63. The number of aromatic nitrogens is 2. The third-order valence-corrected chi connectivity index (χ3v) is 4.73. The molecule has 156 valence electrons. The Kier molecular flexibility index (Phi) is 7.46. The van der Waals surface area contributed by atoms with E-state index >= 15 is 0 Å². The Morgan fingerprint density at radius 3 is 2.34 bits per heavy atom. The van der Waals surface area contributed by atoms with Gasteiger partial charge in [-0.25, -0.2) is 4.79 Å². The zero-order valence-corrected chi connectivity index (χ0v) is 17.1. The van der Waals surface area contributed by atoms with Gasteiger partial charge in [0.2, 0.25) is 0 Å². The molecule has 0 unspecified atom stereocenters. The SMILES string of the molecule is CCC(CC)NC(=O)COC(=O)c1ccc(Cn2nc(C)c([N+](=O)[O-])c2C)cc1. The first-order valence-electron chi connectivity index (χ1n) is 9.50. The lowest BCUT2D eigenvalue weighted by Crippen LogP contribution is -2.36. The number of aryl methyl sites for hydroxylation is 1. The summed E-state index contributed by atoms with van der Waals surface area (Å²) in [6, 6.07) is 6.71. The minimum Gasteiger partial charge on any atom is -0.452 e. The van der Waals surface area contributed by atoms with Gasteiger partial charge in [-0.1, -0.05) is 26.0 Å². The molecule has 0 aliphatic rings. The van der Waals surface area contributed by atoms with Gasteiger partial charge in [0.1, 0.15) is 11.4 Å². The highest BCUT2D eigenvalue weighted by molar-refractivity contribution is 5.91. The Balaban J connectivity index is 1.96. The first-order chi connectivity index (χ1) is 13.8. The highest BCUT2D eigenvalue weighted by Crippen LogP contribution is 2.22. The van der Waals surface area contributed by atoms with Gasteiger partial charge in [-0.2, -0.15) is 5.10 Å². The van der Waals surface area contributed by atoms with E-state index < -0.39 is 10.9 Å². The molecule has 0 radical (unpaired) electrons. The van der Waals surface area contributed by atoms with Crippen molar-refractivity contribution in [3.05, 3.63) is 56.9 Å². The van der Waals surface area contributed by atoms with Crippen LogP contribution in [0.4, 0.5) is 5.69 Å². The van der Waals surface area contributed by atoms with Crippen molar-refractivity contribution in [2.24, 2.45) is 0 Å². The number of esters is 1. The maximum absolute atomic E-state index is 12.1. The second-order valence-corrected chi connectivity index (χ2v) is 6.79. The van der Waals surface area contributed by atoms with Crippen LogP contribution < -0.4 is 5.32 Å². The van der Waals surface area contributed by atoms with E-state index in [1.54, 1.807) is 42.8 Å². The quantitative estimate of drug-likeness (QED) is 0.392. The van der Waals surface area contributed by atoms with Gasteiger partial charge in [0.25, 0.3) is 5.91 Å². The van der Waals surface area contributed by atoms with E-state index in [9.17, 15) is 19.7 Å². The second-order valence-electron chi connectivity index (χ2n) is 6.79. The number of rotatable bonds is 9. The number of nitro groups is 1. The van der Waals surface area contributed by atoms with Gasteiger partial charge in [0, 0.05) is 6.04 Å². The van der Waals surface area contributed by atoms with E-state index in [1.165, 1.54) is 0 Å². The average molecular weight is 402 g/mol. The highest BCUT2D eigenvalue weighted by Gasteiger charge is 2.21. The molecule has 2 rings (SSSR count). The first kappa shape index (κ1) is 22.1. The summed E-state index contributed by atoms with van der Waals surface area (Å²) in [5.74, 6) is -0.909. The number of hydrogen-bond acceptors (Lipinski definition) is 6. The predicted molar refractivity (Wildman–Crippen MR) is 107 cm³/mol. The van der Waals surface area contributed by atoms with Crippen molar-refractivity contribution in [2.75, 3.05) is 6.61 Å². The van der Waals surface area contributed by atoms with Crippen molar-refractivity contribution in [1.82, 2.24) is 15.1 Å². The molecule has 0 aliphatic heterocycles. The monoisotopic (exact) mass is 402 g/mol. The van der Waals surface area contributed by atoms with E-state index in [0.717, 1.165) is 18.4 Å². The topological polar surface area (TPSA) is 116 Å². The van der Waals surface area contributed by atoms with Gasteiger partial charge < -0.3 is 10.1 Å². The van der Waals surface area contributed by atoms with E-state index in [0.29, 0.717) is 23.5 Å². The summed E-state index contributed by atoms with van der Waals surface area (Å²) in [4.78, 5) is 34.6. The molecule has 0 spiro atoms. The standard InChI is InChI=1S/C20H26N4O5/c1-5-17(6-2)21-18(25)12-29-20(26)16-9-7-15(8-10-16)11-23-14(4)19(24(27)28)13(3)22-23/h7-10,17H,5-6,11-12H2,1-4H3,(H,21,25). The molecule has 0 fully saturated rings. The number of carbonyl (C=O) groups is 2. The lowest BCUT2D eigenvalue weighted by Gasteiger charge is -2.14. The molecule has 0 saturated heterocycles. The largest absolute Gasteiger partial charge is 0.452 e. The maximum Gasteiger partial charge on any atom is 0.338 e. The number of carbonyl (C=O) groups excluding carboxylic acids is 2. The Labute approximate surface area is 169 Å². The lowest BCUT2D eigenvalue weighted by atomic mass is 10.1. The van der Waals surface area contributed by atoms with Gasteiger partial charge in [-0.05, 0) is 44.4 Å². The summed E-state index contributed by atoms with van der Waals surface area (Å²) in [6.07, 6.45) is 1.63. The molecule has 29 heavy (non-hydrogen) atoms. The van der Waals surface area contributed by atoms with Gasteiger partial charge in [-0.15, -0.1) is 0 Å². The van der Waals surface area contributed by atoms with Crippen LogP contribution in [0.1, 0.15) is 54.0 Å². The Morgan fingerprint density at radius 1 is 1.21 bits per heavy atom. The molecule has 9 heteroatoms. The zero-order valence-electron chi connectivity index (χ0n) is 17.1. The molecule has 1 amide bonds. The van der Waals surface area contributed by atoms with Crippen molar-refractivity contribution < 1.29 is 19.2 Å². The molecule has 0 saturated carbocycles. The van der Waals surface area contributed by atoms with Crippen molar-refractivity contribution >= 4 is 17.6 Å². The fourth-order valence-corrected chi connectivity index (χ4v) is 3.00. The minimum absolute atomic E-state index is 0.0110. The lowest BCUT2D eigenvalue weighted by molar-refractivity contribution is -0.386. The summed E-state index contributed by atoms with van der Waals surface area (Å²) in [7, 11) is 0. The highest BCUT2D eigenvalue weighted by atomic mass is 16.6. The van der Waals surface area contributed by atoms with E-state index in [-0.39, 0.29) is 24.2 Å². The molecular formula is C20H26N4O5. The van der Waals surface area contributed by atoms with Crippen molar-refractivity contribution in [1.29, 1.82) is 0 Å². The van der Waals surface area contributed by atoms with E-state index in [4.69, 9.17) is 4.74 Å². The van der Waals surface area contributed by atoms with Gasteiger partial charge in [0.15, 0.2) is 6.61 Å². The fraction of sp³-hybridized carbons (Fsp3) is 0.450. The molecule has 1 aromatic carbocycles. The summed E-state index contributed by atoms with van der Waals surface area (Å²) in [5.41, 5.74) is 1.99. The van der Waals surface area contributed by atoms with Gasteiger partial charge >= 0.3 is 11.7 Å². The van der Waals surface area contributed by atoms with E-state index in [1.807, 2.05) is 13.8 Å². The predicted octanol–water partition coefficient (Wildman–Crippen LogP) is 2.92. The Bertz CT molecular complexity index is 885. The summed E-state index contributed by atoms with van der Waals surface area (Å²) >= 11 is 0. The minimum atomic E-state index is -0.585. The molecule has 1 N–H and O–H groups in total. The molecule has 2 aromatic rings. The molecule has 1 aromatic heterocycles. The van der Waals surface area contributed by atoms with Gasteiger partial charge in [0.05, 0.1) is 17.0 Å². The molecular weight excluding hydrogens is 376 g/mol. The summed E-state index contributed by atoms with van der Waals surface area (Å²) in [5, 5.41) is 18.1. The van der Waals surface area contributed by atoms with Crippen LogP contribution in [0.3, 0.4) is 0 Å². The summed E-state index contributed by atoms with van der Waals surface area (Å²) in [6.45, 7) is 7.22. The first-order valence-corrected chi connectivity index (χ1v) is 9.50. The smallest absolute Gasteiger partial charge is 0.338 e. The Hall–Kier alpha value is -3.23. The average Bonchev–Trinajstić information content (AvgIpc) is 2.97. The van der Waals surface area contributed by atoms with E-state index in [2.05, 4.69) is 10.4 Å². The van der Waals surface area contributed by atoms with Crippen molar-refractivity contribution in [2.45, 2.75) is 53.1 Å². The van der Waals surface area contributed by atoms with Crippen LogP contribution in [0.2, 0.25) is 0 Å². The van der Waals surface area contributed by atoms with Crippen LogP contribution >= 0.6 is 0 Å². The fourth-order valence-electron chi connectivity index (χ4n) is 3.00. The number of nitrogens with zero attached hydrogens (tertiary/aromatic N) is 3. The molecule has 0 bridgehead atoms. The van der Waals surface area contributed by atoms with Crippen LogP contribution in [-0.2, 0) is 16.1 Å².